The van der Waals surface area contributed by atoms with Crippen LogP contribution in [0.4, 0.5) is 13.2 Å². The maximum Gasteiger partial charge on any atom is 0.416 e. The summed E-state index contributed by atoms with van der Waals surface area (Å²) in [6.07, 6.45) is -3.83. The fourth-order valence-electron chi connectivity index (χ4n) is 1.83. The van der Waals surface area contributed by atoms with E-state index in [2.05, 4.69) is 10.1 Å². The summed E-state index contributed by atoms with van der Waals surface area (Å²) in [5.41, 5.74) is -0.791. The molecule has 0 unspecified atom stereocenters. The van der Waals surface area contributed by atoms with Gasteiger partial charge >= 0.3 is 12.1 Å². The molecule has 0 radical (unpaired) electrons. The Morgan fingerprint density at radius 2 is 1.77 bits per heavy atom. The first kappa shape index (κ1) is 18.0. The van der Waals surface area contributed by atoms with Gasteiger partial charge in [-0.05, 0) is 30.2 Å². The first-order valence-corrected chi connectivity index (χ1v) is 6.76. The maximum atomic E-state index is 12.5. The molecule has 1 amide bonds. The van der Waals surface area contributed by atoms with Crippen LogP contribution in [0.1, 0.15) is 36.2 Å². The van der Waals surface area contributed by atoms with Crippen molar-refractivity contribution in [1.82, 2.24) is 5.32 Å². The van der Waals surface area contributed by atoms with Crippen LogP contribution in [0.5, 0.6) is 0 Å². The van der Waals surface area contributed by atoms with E-state index in [1.807, 2.05) is 6.92 Å². The zero-order chi connectivity index (χ0) is 16.9. The van der Waals surface area contributed by atoms with E-state index in [0.717, 1.165) is 24.3 Å². The fraction of sp³-hybridized carbons (Fsp3) is 0.467. The van der Waals surface area contributed by atoms with Gasteiger partial charge in [0.15, 0.2) is 0 Å². The number of hydrogen-bond acceptors (Lipinski definition) is 3. The van der Waals surface area contributed by atoms with Crippen molar-refractivity contribution in [2.24, 2.45) is 5.92 Å². The third-order valence-corrected chi connectivity index (χ3v) is 3.43. The Morgan fingerprint density at radius 3 is 2.18 bits per heavy atom. The molecule has 4 nitrogen and oxygen atoms in total. The van der Waals surface area contributed by atoms with Gasteiger partial charge in [0, 0.05) is 5.56 Å². The third-order valence-electron chi connectivity index (χ3n) is 3.43. The molecule has 1 aromatic rings. The van der Waals surface area contributed by atoms with Crippen LogP contribution in [0.3, 0.4) is 0 Å². The number of methoxy groups -OCH3 is 1. The zero-order valence-electron chi connectivity index (χ0n) is 12.5. The molecule has 0 aliphatic rings. The number of nitrogens with one attached hydrogen (secondary N) is 1. The molecule has 0 saturated carbocycles. The molecule has 1 rings (SSSR count). The smallest absolute Gasteiger partial charge is 0.416 e. The molecule has 1 N–H and O–H groups in total. The molecule has 0 saturated heterocycles. The maximum absolute atomic E-state index is 12.5. The average Bonchev–Trinajstić information content (AvgIpc) is 2.50. The summed E-state index contributed by atoms with van der Waals surface area (Å²) in [7, 11) is 1.21. The highest BCUT2D eigenvalue weighted by Gasteiger charge is 2.31. The van der Waals surface area contributed by atoms with Crippen molar-refractivity contribution >= 4 is 11.9 Å². The summed E-state index contributed by atoms with van der Waals surface area (Å²) in [5, 5.41) is 2.50. The van der Waals surface area contributed by atoms with Crippen molar-refractivity contribution < 1.29 is 27.5 Å². The van der Waals surface area contributed by atoms with Crippen molar-refractivity contribution in [1.29, 1.82) is 0 Å². The molecule has 1 aromatic carbocycles. The summed E-state index contributed by atoms with van der Waals surface area (Å²) in [6, 6.07) is 2.95. The number of alkyl halides is 3. The van der Waals surface area contributed by atoms with E-state index in [1.54, 1.807) is 6.92 Å². The first-order valence-electron chi connectivity index (χ1n) is 6.76. The molecule has 0 bridgehead atoms. The summed E-state index contributed by atoms with van der Waals surface area (Å²) in [5.74, 6) is -1.37. The van der Waals surface area contributed by atoms with Gasteiger partial charge in [0.05, 0.1) is 12.7 Å². The van der Waals surface area contributed by atoms with Crippen LogP contribution in [0.2, 0.25) is 0 Å². The van der Waals surface area contributed by atoms with Crippen molar-refractivity contribution in [2.75, 3.05) is 7.11 Å². The minimum atomic E-state index is -4.46. The van der Waals surface area contributed by atoms with Crippen molar-refractivity contribution in [3.63, 3.8) is 0 Å². The van der Waals surface area contributed by atoms with E-state index in [4.69, 9.17) is 0 Å². The largest absolute Gasteiger partial charge is 0.467 e. The summed E-state index contributed by atoms with van der Waals surface area (Å²) in [6.45, 7) is 3.62. The second-order valence-corrected chi connectivity index (χ2v) is 4.93. The Bertz CT molecular complexity index is 526. The van der Waals surface area contributed by atoms with Crippen molar-refractivity contribution in [3.05, 3.63) is 35.4 Å². The molecule has 0 spiro atoms. The van der Waals surface area contributed by atoms with Crippen LogP contribution in [0, 0.1) is 5.92 Å². The topological polar surface area (TPSA) is 55.4 Å². The second kappa shape index (κ2) is 7.29. The van der Waals surface area contributed by atoms with Crippen molar-refractivity contribution in [2.45, 2.75) is 32.5 Å². The molecule has 7 heteroatoms. The summed E-state index contributed by atoms with van der Waals surface area (Å²) >= 11 is 0. The van der Waals surface area contributed by atoms with Gasteiger partial charge in [-0.15, -0.1) is 0 Å². The minimum absolute atomic E-state index is 0.0465. The number of halogens is 3. The Labute approximate surface area is 126 Å². The number of esters is 1. The van der Waals surface area contributed by atoms with E-state index in [0.29, 0.717) is 6.42 Å². The summed E-state index contributed by atoms with van der Waals surface area (Å²) in [4.78, 5) is 23.7. The molecular formula is C15H18F3NO3. The van der Waals surface area contributed by atoms with Crippen LogP contribution in [0.25, 0.3) is 0 Å². The number of carbonyl (C=O) groups excluding carboxylic acids is 2. The first-order chi connectivity index (χ1) is 10.2. The van der Waals surface area contributed by atoms with E-state index in [9.17, 15) is 22.8 Å². The fourth-order valence-corrected chi connectivity index (χ4v) is 1.83. The molecule has 0 aliphatic carbocycles. The van der Waals surface area contributed by atoms with Gasteiger partial charge in [-0.25, -0.2) is 4.79 Å². The number of hydrogen-bond donors (Lipinski definition) is 1. The Kier molecular flexibility index (Phi) is 5.96. The van der Waals surface area contributed by atoms with Crippen LogP contribution in [-0.4, -0.2) is 25.0 Å². The monoisotopic (exact) mass is 317 g/mol. The highest BCUT2D eigenvalue weighted by atomic mass is 19.4. The molecular weight excluding hydrogens is 299 g/mol. The van der Waals surface area contributed by atoms with E-state index < -0.39 is 29.7 Å². The third kappa shape index (κ3) is 4.47. The molecule has 0 aliphatic heterocycles. The van der Waals surface area contributed by atoms with Gasteiger partial charge in [0.25, 0.3) is 5.91 Å². The highest BCUT2D eigenvalue weighted by Crippen LogP contribution is 2.29. The number of ether oxygens (including phenoxy) is 1. The number of amides is 1. The Balaban J connectivity index is 2.88. The van der Waals surface area contributed by atoms with Crippen molar-refractivity contribution in [3.8, 4) is 0 Å². The number of carbonyl (C=O) groups is 2. The lowest BCUT2D eigenvalue weighted by Crippen LogP contribution is -2.45. The number of benzene rings is 1. The zero-order valence-corrected chi connectivity index (χ0v) is 12.5. The van der Waals surface area contributed by atoms with Crippen LogP contribution >= 0.6 is 0 Å². The quantitative estimate of drug-likeness (QED) is 0.849. The normalized spacial score (nSPS) is 14.1. The standard InChI is InChI=1S/C15H18F3NO3/c1-4-9(2)12(14(21)22-3)19-13(20)10-5-7-11(8-6-10)15(16,17)18/h5-9,12H,4H2,1-3H3,(H,19,20)/t9-,12+/m1/s1. The van der Waals surface area contributed by atoms with E-state index >= 15 is 0 Å². The van der Waals surface area contributed by atoms with Crippen LogP contribution in [0.15, 0.2) is 24.3 Å². The Morgan fingerprint density at radius 1 is 1.23 bits per heavy atom. The molecule has 0 fully saturated rings. The van der Waals surface area contributed by atoms with Gasteiger partial charge in [-0.2, -0.15) is 13.2 Å². The lowest BCUT2D eigenvalue weighted by atomic mass is 9.98. The molecule has 2 atom stereocenters. The summed E-state index contributed by atoms with van der Waals surface area (Å²) < 4.78 is 42.1. The predicted molar refractivity (Wildman–Crippen MR) is 74.2 cm³/mol. The van der Waals surface area contributed by atoms with Gasteiger partial charge < -0.3 is 10.1 Å². The molecule has 22 heavy (non-hydrogen) atoms. The molecule has 0 aromatic heterocycles. The van der Waals surface area contributed by atoms with Crippen LogP contribution < -0.4 is 5.32 Å². The lowest BCUT2D eigenvalue weighted by Gasteiger charge is -2.21. The Hall–Kier alpha value is -2.05. The SMILES string of the molecule is CC[C@@H](C)[C@H](NC(=O)c1ccc(C(F)(F)F)cc1)C(=O)OC. The molecule has 122 valence electrons. The lowest BCUT2D eigenvalue weighted by molar-refractivity contribution is -0.144. The van der Waals surface area contributed by atoms with Crippen LogP contribution in [-0.2, 0) is 15.7 Å². The highest BCUT2D eigenvalue weighted by molar-refractivity contribution is 5.96. The second-order valence-electron chi connectivity index (χ2n) is 4.93. The van der Waals surface area contributed by atoms with Gasteiger partial charge in [0.2, 0.25) is 0 Å². The minimum Gasteiger partial charge on any atom is -0.467 e. The predicted octanol–water partition coefficient (Wildman–Crippen LogP) is 3.02. The molecule has 0 heterocycles. The average molecular weight is 317 g/mol. The van der Waals surface area contributed by atoms with Gasteiger partial charge in [-0.3, -0.25) is 4.79 Å². The van der Waals surface area contributed by atoms with E-state index in [1.165, 1.54) is 7.11 Å². The number of rotatable bonds is 5. The van der Waals surface area contributed by atoms with Gasteiger partial charge in [-0.1, -0.05) is 20.3 Å². The van der Waals surface area contributed by atoms with Gasteiger partial charge in [0.1, 0.15) is 6.04 Å². The van der Waals surface area contributed by atoms with E-state index in [-0.39, 0.29) is 11.5 Å².